The van der Waals surface area contributed by atoms with Crippen molar-refractivity contribution in [2.45, 2.75) is 39.7 Å². The molecule has 0 rings (SSSR count). The Morgan fingerprint density at radius 1 is 1.64 bits per heavy atom. The molecule has 0 saturated heterocycles. The Balaban J connectivity index is 3.40. The van der Waals surface area contributed by atoms with Crippen molar-refractivity contribution in [3.8, 4) is 0 Å². The molecule has 0 heterocycles. The lowest BCUT2D eigenvalue weighted by molar-refractivity contribution is 0.0423. The molecule has 1 radical (unpaired) electrons. The summed E-state index contributed by atoms with van der Waals surface area (Å²) in [5.41, 5.74) is 0. The third-order valence-electron chi connectivity index (χ3n) is 1.21. The molecule has 1 unspecified atom stereocenters. The van der Waals surface area contributed by atoms with Crippen LogP contribution in [0.1, 0.15) is 33.6 Å². The maximum absolute atomic E-state index is 10.7. The topological polar surface area (TPSA) is 35.5 Å². The van der Waals surface area contributed by atoms with Crippen molar-refractivity contribution in [3.05, 3.63) is 6.61 Å². The van der Waals surface area contributed by atoms with E-state index in [0.717, 1.165) is 12.8 Å². The van der Waals surface area contributed by atoms with Crippen LogP contribution in [0.3, 0.4) is 0 Å². The Morgan fingerprint density at radius 2 is 2.27 bits per heavy atom. The van der Waals surface area contributed by atoms with Crippen molar-refractivity contribution >= 4 is 6.16 Å². The van der Waals surface area contributed by atoms with Crippen LogP contribution in [0, 0.1) is 6.61 Å². The highest BCUT2D eigenvalue weighted by molar-refractivity contribution is 5.60. The van der Waals surface area contributed by atoms with E-state index in [2.05, 4.69) is 4.74 Å². The molecule has 1 atom stereocenters. The molecule has 0 aromatic carbocycles. The third kappa shape index (κ3) is 5.70. The van der Waals surface area contributed by atoms with Crippen LogP contribution in [0.4, 0.5) is 4.79 Å². The summed E-state index contributed by atoms with van der Waals surface area (Å²) >= 11 is 0. The average Bonchev–Trinajstić information content (AvgIpc) is 1.87. The van der Waals surface area contributed by atoms with Gasteiger partial charge >= 0.3 is 6.16 Å². The van der Waals surface area contributed by atoms with Gasteiger partial charge in [0.1, 0.15) is 12.7 Å². The number of carbonyl (C=O) groups is 1. The molecular weight excluding hydrogens is 144 g/mol. The van der Waals surface area contributed by atoms with Crippen LogP contribution in [-0.4, -0.2) is 12.3 Å². The second-order valence-electron chi connectivity index (χ2n) is 2.32. The smallest absolute Gasteiger partial charge is 0.431 e. The molecule has 0 aliphatic carbocycles. The number of rotatable bonds is 4. The van der Waals surface area contributed by atoms with E-state index in [1.165, 1.54) is 6.61 Å². The molecule has 0 amide bonds. The summed E-state index contributed by atoms with van der Waals surface area (Å²) in [5.74, 6) is 0. The van der Waals surface area contributed by atoms with Gasteiger partial charge in [0, 0.05) is 0 Å². The predicted molar refractivity (Wildman–Crippen MR) is 41.9 cm³/mol. The zero-order valence-electron chi connectivity index (χ0n) is 7.29. The van der Waals surface area contributed by atoms with Gasteiger partial charge in [0.15, 0.2) is 0 Å². The molecule has 0 saturated carbocycles. The molecule has 0 spiro atoms. The minimum Gasteiger partial charge on any atom is -0.431 e. The summed E-state index contributed by atoms with van der Waals surface area (Å²) in [6.45, 7) is 6.82. The van der Waals surface area contributed by atoms with Crippen molar-refractivity contribution in [1.82, 2.24) is 0 Å². The van der Waals surface area contributed by atoms with Crippen molar-refractivity contribution in [2.75, 3.05) is 0 Å². The van der Waals surface area contributed by atoms with E-state index in [-0.39, 0.29) is 6.10 Å². The van der Waals surface area contributed by atoms with Gasteiger partial charge in [0.05, 0.1) is 0 Å². The maximum atomic E-state index is 10.7. The lowest BCUT2D eigenvalue weighted by atomic mass is 10.2. The zero-order valence-corrected chi connectivity index (χ0v) is 7.29. The highest BCUT2D eigenvalue weighted by atomic mass is 16.7. The Labute approximate surface area is 67.7 Å². The highest BCUT2D eigenvalue weighted by Gasteiger charge is 2.07. The summed E-state index contributed by atoms with van der Waals surface area (Å²) in [5, 5.41) is 0. The molecule has 0 aliphatic heterocycles. The lowest BCUT2D eigenvalue weighted by Crippen LogP contribution is -2.14. The first-order valence-electron chi connectivity index (χ1n) is 3.85. The van der Waals surface area contributed by atoms with Crippen LogP contribution in [0.15, 0.2) is 0 Å². The van der Waals surface area contributed by atoms with E-state index in [1.54, 1.807) is 6.92 Å². The van der Waals surface area contributed by atoms with Crippen LogP contribution in [0.25, 0.3) is 0 Å². The van der Waals surface area contributed by atoms with Crippen LogP contribution in [0.5, 0.6) is 0 Å². The largest absolute Gasteiger partial charge is 0.508 e. The molecular formula is C8H15O3. The van der Waals surface area contributed by atoms with Crippen molar-refractivity contribution in [3.63, 3.8) is 0 Å². The Kier molecular flexibility index (Phi) is 5.61. The standard InChI is InChI=1S/C8H15O3/c1-4-6-7(3)11-8(9)10-5-2/h5,7H,4,6H2,1-3H3. The molecule has 0 fully saturated rings. The van der Waals surface area contributed by atoms with Gasteiger partial charge < -0.3 is 9.47 Å². The summed E-state index contributed by atoms with van der Waals surface area (Å²) in [4.78, 5) is 10.7. The van der Waals surface area contributed by atoms with E-state index in [0.29, 0.717) is 0 Å². The Hall–Kier alpha value is -0.730. The van der Waals surface area contributed by atoms with E-state index in [4.69, 9.17) is 4.74 Å². The monoisotopic (exact) mass is 159 g/mol. The third-order valence-corrected chi connectivity index (χ3v) is 1.21. The zero-order chi connectivity index (χ0) is 8.69. The molecule has 3 nitrogen and oxygen atoms in total. The van der Waals surface area contributed by atoms with Gasteiger partial charge in [-0.2, -0.15) is 0 Å². The molecule has 11 heavy (non-hydrogen) atoms. The van der Waals surface area contributed by atoms with Crippen LogP contribution < -0.4 is 0 Å². The van der Waals surface area contributed by atoms with Crippen LogP contribution in [-0.2, 0) is 9.47 Å². The number of carbonyl (C=O) groups excluding carboxylic acids is 1. The lowest BCUT2D eigenvalue weighted by Gasteiger charge is -2.10. The van der Waals surface area contributed by atoms with E-state index in [9.17, 15) is 4.79 Å². The molecule has 65 valence electrons. The summed E-state index contributed by atoms with van der Waals surface area (Å²) in [6.07, 6.45) is 1.21. The quantitative estimate of drug-likeness (QED) is 0.591. The van der Waals surface area contributed by atoms with E-state index in [1.807, 2.05) is 13.8 Å². The second kappa shape index (κ2) is 6.01. The van der Waals surface area contributed by atoms with E-state index < -0.39 is 6.16 Å². The number of hydrogen-bond acceptors (Lipinski definition) is 3. The fourth-order valence-electron chi connectivity index (χ4n) is 0.754. The van der Waals surface area contributed by atoms with Crippen LogP contribution >= 0.6 is 0 Å². The first kappa shape index (κ1) is 10.3. The molecule has 3 heteroatoms. The average molecular weight is 159 g/mol. The SMILES string of the molecule is C[CH]OC(=O)OC(C)CCC. The second-order valence-corrected chi connectivity index (χ2v) is 2.32. The molecule has 0 bridgehead atoms. The summed E-state index contributed by atoms with van der Waals surface area (Å²) in [7, 11) is 0. The van der Waals surface area contributed by atoms with Gasteiger partial charge in [-0.1, -0.05) is 13.3 Å². The molecule has 0 aromatic heterocycles. The fraction of sp³-hybridized carbons (Fsp3) is 0.750. The van der Waals surface area contributed by atoms with Gasteiger partial charge in [-0.25, -0.2) is 4.79 Å². The Morgan fingerprint density at radius 3 is 2.73 bits per heavy atom. The molecule has 0 N–H and O–H groups in total. The fourth-order valence-corrected chi connectivity index (χ4v) is 0.754. The molecule has 0 aromatic rings. The van der Waals surface area contributed by atoms with Gasteiger partial charge in [-0.3, -0.25) is 0 Å². The number of ether oxygens (including phenoxy) is 2. The number of hydrogen-bond donors (Lipinski definition) is 0. The van der Waals surface area contributed by atoms with Gasteiger partial charge in [0.2, 0.25) is 0 Å². The van der Waals surface area contributed by atoms with Crippen molar-refractivity contribution in [1.29, 1.82) is 0 Å². The van der Waals surface area contributed by atoms with E-state index >= 15 is 0 Å². The first-order valence-corrected chi connectivity index (χ1v) is 3.85. The van der Waals surface area contributed by atoms with Crippen molar-refractivity contribution < 1.29 is 14.3 Å². The minimum absolute atomic E-state index is 0.0487. The molecule has 0 aliphatic rings. The predicted octanol–water partition coefficient (Wildman–Crippen LogP) is 2.51. The first-order chi connectivity index (χ1) is 5.20. The normalized spacial score (nSPS) is 12.3. The van der Waals surface area contributed by atoms with Crippen molar-refractivity contribution in [2.24, 2.45) is 0 Å². The highest BCUT2D eigenvalue weighted by Crippen LogP contribution is 2.02. The Bertz CT molecular complexity index is 112. The minimum atomic E-state index is -0.617. The van der Waals surface area contributed by atoms with Crippen LogP contribution in [0.2, 0.25) is 0 Å². The van der Waals surface area contributed by atoms with Gasteiger partial charge in [-0.15, -0.1) is 0 Å². The summed E-state index contributed by atoms with van der Waals surface area (Å²) < 4.78 is 9.31. The van der Waals surface area contributed by atoms with Gasteiger partial charge in [0.25, 0.3) is 0 Å². The maximum Gasteiger partial charge on any atom is 0.508 e. The van der Waals surface area contributed by atoms with Gasteiger partial charge in [-0.05, 0) is 20.3 Å². The summed E-state index contributed by atoms with van der Waals surface area (Å²) in [6, 6.07) is 0.